The highest BCUT2D eigenvalue weighted by Gasteiger charge is 2.04. The van der Waals surface area contributed by atoms with Gasteiger partial charge in [-0.2, -0.15) is 0 Å². The standard InChI is InChI=1S/C10H13FN2O2/c1-2-3-5-13-10(14)15-9-7-8(11)4-6-12-9/h4,6-7H,2-3,5H2,1H3,(H,13,14). The molecule has 1 rings (SSSR count). The third-order valence-electron chi connectivity index (χ3n) is 1.69. The van der Waals surface area contributed by atoms with Gasteiger partial charge in [0.15, 0.2) is 0 Å². The number of nitrogens with zero attached hydrogens (tertiary/aromatic N) is 1. The second kappa shape index (κ2) is 5.95. The number of carbonyl (C=O) groups excluding carboxylic acids is 1. The molecule has 1 N–H and O–H groups in total. The van der Waals surface area contributed by atoms with E-state index in [0.717, 1.165) is 18.9 Å². The van der Waals surface area contributed by atoms with Gasteiger partial charge in [0.2, 0.25) is 5.88 Å². The highest BCUT2D eigenvalue weighted by atomic mass is 19.1. The van der Waals surface area contributed by atoms with Crippen molar-refractivity contribution in [1.82, 2.24) is 10.3 Å². The molecular weight excluding hydrogens is 199 g/mol. The molecule has 0 saturated heterocycles. The topological polar surface area (TPSA) is 51.2 Å². The maximum Gasteiger partial charge on any atom is 0.413 e. The Kier molecular flexibility index (Phi) is 4.53. The molecule has 1 heterocycles. The van der Waals surface area contributed by atoms with Gasteiger partial charge in [-0.25, -0.2) is 14.2 Å². The van der Waals surface area contributed by atoms with Gasteiger partial charge in [-0.15, -0.1) is 0 Å². The van der Waals surface area contributed by atoms with Gasteiger partial charge in [-0.05, 0) is 12.5 Å². The number of hydrogen-bond donors (Lipinski definition) is 1. The number of pyridine rings is 1. The molecule has 0 fully saturated rings. The molecule has 0 aromatic carbocycles. The fourth-order valence-corrected chi connectivity index (χ4v) is 0.939. The minimum Gasteiger partial charge on any atom is -0.391 e. The number of nitrogens with one attached hydrogen (secondary N) is 1. The van der Waals surface area contributed by atoms with E-state index in [4.69, 9.17) is 4.74 Å². The summed E-state index contributed by atoms with van der Waals surface area (Å²) in [6.07, 6.45) is 2.50. The lowest BCUT2D eigenvalue weighted by Crippen LogP contribution is -2.27. The average molecular weight is 212 g/mol. The van der Waals surface area contributed by atoms with Gasteiger partial charge in [0, 0.05) is 18.8 Å². The summed E-state index contributed by atoms with van der Waals surface area (Å²) in [5.41, 5.74) is 0. The maximum absolute atomic E-state index is 12.7. The molecule has 1 aromatic rings. The fraction of sp³-hybridized carbons (Fsp3) is 0.400. The van der Waals surface area contributed by atoms with Gasteiger partial charge in [0.1, 0.15) is 5.82 Å². The number of unbranched alkanes of at least 4 members (excludes halogenated alkanes) is 1. The Balaban J connectivity index is 2.37. The van der Waals surface area contributed by atoms with Crippen molar-refractivity contribution < 1.29 is 13.9 Å². The third-order valence-corrected chi connectivity index (χ3v) is 1.69. The number of aromatic nitrogens is 1. The van der Waals surface area contributed by atoms with E-state index in [9.17, 15) is 9.18 Å². The van der Waals surface area contributed by atoms with Gasteiger partial charge < -0.3 is 10.1 Å². The lowest BCUT2D eigenvalue weighted by atomic mass is 10.3. The largest absolute Gasteiger partial charge is 0.413 e. The van der Waals surface area contributed by atoms with Crippen LogP contribution in [0.3, 0.4) is 0 Å². The molecule has 1 aromatic heterocycles. The number of hydrogen-bond acceptors (Lipinski definition) is 3. The molecule has 0 aliphatic heterocycles. The molecule has 0 atom stereocenters. The Labute approximate surface area is 87.5 Å². The zero-order valence-corrected chi connectivity index (χ0v) is 8.50. The van der Waals surface area contributed by atoms with E-state index in [0.29, 0.717) is 6.54 Å². The first kappa shape index (κ1) is 11.4. The van der Waals surface area contributed by atoms with Crippen molar-refractivity contribution in [2.45, 2.75) is 19.8 Å². The van der Waals surface area contributed by atoms with Gasteiger partial charge in [-0.1, -0.05) is 13.3 Å². The van der Waals surface area contributed by atoms with Crippen LogP contribution in [0.4, 0.5) is 9.18 Å². The summed E-state index contributed by atoms with van der Waals surface area (Å²) < 4.78 is 17.4. The van der Waals surface area contributed by atoms with Crippen LogP contribution < -0.4 is 10.1 Å². The van der Waals surface area contributed by atoms with Crippen LogP contribution in [0.5, 0.6) is 5.88 Å². The normalized spacial score (nSPS) is 9.73. The van der Waals surface area contributed by atoms with Crippen molar-refractivity contribution in [1.29, 1.82) is 0 Å². The molecule has 82 valence electrons. The first-order valence-corrected chi connectivity index (χ1v) is 4.79. The lowest BCUT2D eigenvalue weighted by molar-refractivity contribution is 0.198. The van der Waals surface area contributed by atoms with E-state index in [-0.39, 0.29) is 5.88 Å². The molecule has 1 amide bonds. The summed E-state index contributed by atoms with van der Waals surface area (Å²) in [4.78, 5) is 14.8. The van der Waals surface area contributed by atoms with Crippen molar-refractivity contribution in [2.24, 2.45) is 0 Å². The average Bonchev–Trinajstić information content (AvgIpc) is 2.18. The summed E-state index contributed by atoms with van der Waals surface area (Å²) in [5, 5.41) is 2.53. The number of rotatable bonds is 4. The van der Waals surface area contributed by atoms with Crippen molar-refractivity contribution in [3.05, 3.63) is 24.1 Å². The van der Waals surface area contributed by atoms with Crippen LogP contribution in [-0.4, -0.2) is 17.6 Å². The summed E-state index contributed by atoms with van der Waals surface area (Å²) >= 11 is 0. The summed E-state index contributed by atoms with van der Waals surface area (Å²) in [6.45, 7) is 2.56. The zero-order chi connectivity index (χ0) is 11.1. The third kappa shape index (κ3) is 4.39. The minimum absolute atomic E-state index is 0.0380. The van der Waals surface area contributed by atoms with Crippen molar-refractivity contribution in [3.8, 4) is 5.88 Å². The van der Waals surface area contributed by atoms with E-state index in [1.165, 1.54) is 12.3 Å². The molecular formula is C10H13FN2O2. The lowest BCUT2D eigenvalue weighted by Gasteiger charge is -2.04. The molecule has 0 saturated carbocycles. The predicted molar refractivity (Wildman–Crippen MR) is 53.1 cm³/mol. The SMILES string of the molecule is CCCCNC(=O)Oc1cc(F)ccn1. The number of amides is 1. The zero-order valence-electron chi connectivity index (χ0n) is 8.50. The van der Waals surface area contributed by atoms with Crippen molar-refractivity contribution in [2.75, 3.05) is 6.54 Å². The van der Waals surface area contributed by atoms with Crippen molar-refractivity contribution >= 4 is 6.09 Å². The molecule has 0 unspecified atom stereocenters. The van der Waals surface area contributed by atoms with Gasteiger partial charge >= 0.3 is 6.09 Å². The second-order valence-corrected chi connectivity index (χ2v) is 2.98. The Morgan fingerprint density at radius 2 is 2.47 bits per heavy atom. The molecule has 0 bridgehead atoms. The van der Waals surface area contributed by atoms with Crippen LogP contribution in [0.25, 0.3) is 0 Å². The number of ether oxygens (including phenoxy) is 1. The Morgan fingerprint density at radius 1 is 1.67 bits per heavy atom. The molecule has 0 radical (unpaired) electrons. The van der Waals surface area contributed by atoms with E-state index < -0.39 is 11.9 Å². The Hall–Kier alpha value is -1.65. The summed E-state index contributed by atoms with van der Waals surface area (Å²) in [5.74, 6) is -0.523. The van der Waals surface area contributed by atoms with Crippen LogP contribution in [-0.2, 0) is 0 Å². The Bertz CT molecular complexity index is 331. The quantitative estimate of drug-likeness (QED) is 0.777. The molecule has 0 aliphatic rings. The van der Waals surface area contributed by atoms with Crippen LogP contribution in [0.1, 0.15) is 19.8 Å². The van der Waals surface area contributed by atoms with Crippen molar-refractivity contribution in [3.63, 3.8) is 0 Å². The number of halogens is 1. The maximum atomic E-state index is 12.7. The minimum atomic E-state index is -0.610. The van der Waals surface area contributed by atoms with Gasteiger partial charge in [-0.3, -0.25) is 0 Å². The predicted octanol–water partition coefficient (Wildman–Crippen LogP) is 2.11. The van der Waals surface area contributed by atoms with Crippen LogP contribution >= 0.6 is 0 Å². The first-order chi connectivity index (χ1) is 7.22. The second-order valence-electron chi connectivity index (χ2n) is 2.98. The molecule has 0 spiro atoms. The highest BCUT2D eigenvalue weighted by Crippen LogP contribution is 2.07. The monoisotopic (exact) mass is 212 g/mol. The van der Waals surface area contributed by atoms with Crippen LogP contribution in [0.2, 0.25) is 0 Å². The molecule has 5 heteroatoms. The van der Waals surface area contributed by atoms with Crippen LogP contribution in [0.15, 0.2) is 18.3 Å². The first-order valence-electron chi connectivity index (χ1n) is 4.79. The Morgan fingerprint density at radius 3 is 3.13 bits per heavy atom. The summed E-state index contributed by atoms with van der Waals surface area (Å²) in [6, 6.07) is 2.24. The van der Waals surface area contributed by atoms with Crippen LogP contribution in [0, 0.1) is 5.82 Å². The van der Waals surface area contributed by atoms with E-state index in [1.54, 1.807) is 0 Å². The van der Waals surface area contributed by atoms with E-state index >= 15 is 0 Å². The molecule has 15 heavy (non-hydrogen) atoms. The van der Waals surface area contributed by atoms with Gasteiger partial charge in [0.25, 0.3) is 0 Å². The highest BCUT2D eigenvalue weighted by molar-refractivity contribution is 5.69. The van der Waals surface area contributed by atoms with E-state index in [1.807, 2.05) is 6.92 Å². The smallest absolute Gasteiger partial charge is 0.391 e. The van der Waals surface area contributed by atoms with Gasteiger partial charge in [0.05, 0.1) is 0 Å². The molecule has 0 aliphatic carbocycles. The summed E-state index contributed by atoms with van der Waals surface area (Å²) in [7, 11) is 0. The molecule has 4 nitrogen and oxygen atoms in total. The number of carbonyl (C=O) groups is 1. The van der Waals surface area contributed by atoms with E-state index in [2.05, 4.69) is 10.3 Å². The fourth-order valence-electron chi connectivity index (χ4n) is 0.939.